The molecule has 0 spiro atoms. The summed E-state index contributed by atoms with van der Waals surface area (Å²) in [7, 11) is 1.73. The van der Waals surface area contributed by atoms with E-state index in [0.717, 1.165) is 5.75 Å². The molecule has 0 fully saturated rings. The summed E-state index contributed by atoms with van der Waals surface area (Å²) in [6.07, 6.45) is 0. The van der Waals surface area contributed by atoms with Gasteiger partial charge in [0.15, 0.2) is 5.16 Å². The molecular formula is C13H16N4O3S. The number of aromatic nitrogens is 3. The van der Waals surface area contributed by atoms with Crippen molar-refractivity contribution in [1.82, 2.24) is 14.8 Å². The number of esters is 1. The average molecular weight is 308 g/mol. The Balaban J connectivity index is 1.85. The second-order valence-corrected chi connectivity index (χ2v) is 5.01. The number of hydrogen-bond acceptors (Lipinski definition) is 7. The molecule has 0 bridgehead atoms. The van der Waals surface area contributed by atoms with Gasteiger partial charge in [-0.3, -0.25) is 9.36 Å². The lowest BCUT2D eigenvalue weighted by molar-refractivity contribution is -0.131. The Labute approximate surface area is 126 Å². The normalized spacial score (nSPS) is 10.4. The second kappa shape index (κ2) is 6.98. The van der Waals surface area contributed by atoms with Crippen LogP contribution < -0.4 is 15.2 Å². The first kappa shape index (κ1) is 15.2. The average Bonchev–Trinajstić information content (AvgIpc) is 2.79. The van der Waals surface area contributed by atoms with Crippen molar-refractivity contribution in [2.75, 3.05) is 18.1 Å². The van der Waals surface area contributed by atoms with Crippen LogP contribution in [0, 0.1) is 0 Å². The lowest BCUT2D eigenvalue weighted by Gasteiger charge is -2.06. The molecule has 21 heavy (non-hydrogen) atoms. The first-order chi connectivity index (χ1) is 10.1. The summed E-state index contributed by atoms with van der Waals surface area (Å²) in [5.74, 6) is 1.27. The summed E-state index contributed by atoms with van der Waals surface area (Å²) in [6.45, 7) is 2.50. The number of carbonyl (C=O) groups excluding carboxylic acids is 1. The predicted octanol–water partition coefficient (Wildman–Crippen LogP) is 1.49. The largest absolute Gasteiger partial charge is 0.494 e. The van der Waals surface area contributed by atoms with Crippen LogP contribution in [0.25, 0.3) is 0 Å². The Kier molecular flexibility index (Phi) is 5.04. The van der Waals surface area contributed by atoms with Crippen LogP contribution >= 0.6 is 11.8 Å². The fourth-order valence-corrected chi connectivity index (χ4v) is 2.20. The molecule has 2 N–H and O–H groups in total. The van der Waals surface area contributed by atoms with Gasteiger partial charge in [0.1, 0.15) is 11.5 Å². The molecule has 8 heteroatoms. The van der Waals surface area contributed by atoms with Crippen molar-refractivity contribution >= 4 is 23.7 Å². The zero-order valence-corrected chi connectivity index (χ0v) is 12.6. The van der Waals surface area contributed by atoms with Crippen LogP contribution in [0.5, 0.6) is 11.5 Å². The molecule has 0 amide bonds. The topological polar surface area (TPSA) is 92.3 Å². The van der Waals surface area contributed by atoms with E-state index in [1.165, 1.54) is 11.8 Å². The molecule has 2 aromatic rings. The summed E-state index contributed by atoms with van der Waals surface area (Å²) in [5, 5.41) is 8.13. The summed E-state index contributed by atoms with van der Waals surface area (Å²) >= 11 is 1.22. The smallest absolute Gasteiger partial charge is 0.321 e. The maximum Gasteiger partial charge on any atom is 0.321 e. The number of thioether (sulfide) groups is 1. The van der Waals surface area contributed by atoms with Crippen LogP contribution in [-0.2, 0) is 11.8 Å². The van der Waals surface area contributed by atoms with Crippen molar-refractivity contribution in [3.8, 4) is 11.5 Å². The van der Waals surface area contributed by atoms with Gasteiger partial charge in [0.2, 0.25) is 5.95 Å². The molecular weight excluding hydrogens is 292 g/mol. The van der Waals surface area contributed by atoms with Gasteiger partial charge in [0.05, 0.1) is 12.4 Å². The molecule has 0 aliphatic heterocycles. The van der Waals surface area contributed by atoms with Crippen LogP contribution in [-0.4, -0.2) is 33.1 Å². The van der Waals surface area contributed by atoms with Crippen molar-refractivity contribution in [2.45, 2.75) is 12.1 Å². The number of rotatable bonds is 6. The van der Waals surface area contributed by atoms with Crippen molar-refractivity contribution in [3.05, 3.63) is 24.3 Å². The minimum absolute atomic E-state index is 0.124. The third-order valence-electron chi connectivity index (χ3n) is 2.55. The molecule has 2 rings (SSSR count). The van der Waals surface area contributed by atoms with Crippen LogP contribution in [0.15, 0.2) is 29.4 Å². The minimum Gasteiger partial charge on any atom is -0.494 e. The standard InChI is InChI=1S/C13H16N4O3S/c1-3-19-9-4-6-10(7-5-9)20-11(18)8-21-13-16-15-12(14)17(13)2/h4-7H,3,8H2,1-2H3,(H2,14,15). The quantitative estimate of drug-likeness (QED) is 0.491. The van der Waals surface area contributed by atoms with Crippen molar-refractivity contribution in [2.24, 2.45) is 7.05 Å². The lowest BCUT2D eigenvalue weighted by atomic mass is 10.3. The number of carbonyl (C=O) groups is 1. The Hall–Kier alpha value is -2.22. The highest BCUT2D eigenvalue weighted by molar-refractivity contribution is 7.99. The van der Waals surface area contributed by atoms with Crippen molar-refractivity contribution < 1.29 is 14.3 Å². The molecule has 0 aliphatic rings. The van der Waals surface area contributed by atoms with Crippen molar-refractivity contribution in [3.63, 3.8) is 0 Å². The molecule has 0 saturated heterocycles. The summed E-state index contributed by atoms with van der Waals surface area (Å²) in [6, 6.07) is 6.88. The van der Waals surface area contributed by atoms with E-state index in [4.69, 9.17) is 15.2 Å². The second-order valence-electron chi connectivity index (χ2n) is 4.07. The van der Waals surface area contributed by atoms with Gasteiger partial charge in [0, 0.05) is 7.05 Å². The van der Waals surface area contributed by atoms with Gasteiger partial charge in [-0.05, 0) is 31.2 Å². The van der Waals surface area contributed by atoms with E-state index in [9.17, 15) is 4.79 Å². The number of nitrogens with zero attached hydrogens (tertiary/aromatic N) is 3. The molecule has 7 nitrogen and oxygen atoms in total. The molecule has 0 radical (unpaired) electrons. The van der Waals surface area contributed by atoms with Gasteiger partial charge in [-0.1, -0.05) is 11.8 Å². The fraction of sp³-hybridized carbons (Fsp3) is 0.308. The monoisotopic (exact) mass is 308 g/mol. The van der Waals surface area contributed by atoms with E-state index < -0.39 is 0 Å². The van der Waals surface area contributed by atoms with Crippen LogP contribution in [0.2, 0.25) is 0 Å². The zero-order valence-electron chi connectivity index (χ0n) is 11.8. The van der Waals surface area contributed by atoms with Crippen LogP contribution in [0.4, 0.5) is 5.95 Å². The number of hydrogen-bond donors (Lipinski definition) is 1. The number of nitrogens with two attached hydrogens (primary N) is 1. The van der Waals surface area contributed by atoms with E-state index in [-0.39, 0.29) is 11.7 Å². The number of benzene rings is 1. The number of anilines is 1. The van der Waals surface area contributed by atoms with Crippen LogP contribution in [0.3, 0.4) is 0 Å². The minimum atomic E-state index is -0.370. The van der Waals surface area contributed by atoms with Gasteiger partial charge in [-0.2, -0.15) is 0 Å². The molecule has 0 atom stereocenters. The summed E-state index contributed by atoms with van der Waals surface area (Å²) in [5.41, 5.74) is 5.56. The van der Waals surface area contributed by atoms with E-state index in [2.05, 4.69) is 10.2 Å². The van der Waals surface area contributed by atoms with E-state index in [0.29, 0.717) is 23.5 Å². The molecule has 0 unspecified atom stereocenters. The summed E-state index contributed by atoms with van der Waals surface area (Å²) in [4.78, 5) is 11.8. The number of nitrogen functional groups attached to an aromatic ring is 1. The maximum absolute atomic E-state index is 11.8. The van der Waals surface area contributed by atoms with Gasteiger partial charge in [-0.25, -0.2) is 0 Å². The summed E-state index contributed by atoms with van der Waals surface area (Å²) < 4.78 is 12.1. The van der Waals surface area contributed by atoms with Gasteiger partial charge in [0.25, 0.3) is 0 Å². The Morgan fingerprint density at radius 1 is 1.29 bits per heavy atom. The third-order valence-corrected chi connectivity index (χ3v) is 3.55. The van der Waals surface area contributed by atoms with Gasteiger partial charge >= 0.3 is 5.97 Å². The first-order valence-corrected chi connectivity index (χ1v) is 7.30. The third kappa shape index (κ3) is 4.12. The molecule has 112 valence electrons. The SMILES string of the molecule is CCOc1ccc(OC(=O)CSc2nnc(N)n2C)cc1. The van der Waals surface area contributed by atoms with Gasteiger partial charge in [-0.15, -0.1) is 10.2 Å². The number of ether oxygens (including phenoxy) is 2. The molecule has 1 aromatic carbocycles. The first-order valence-electron chi connectivity index (χ1n) is 6.31. The highest BCUT2D eigenvalue weighted by Crippen LogP contribution is 2.20. The molecule has 0 saturated carbocycles. The molecule has 0 aliphatic carbocycles. The van der Waals surface area contributed by atoms with E-state index in [1.807, 2.05) is 6.92 Å². The highest BCUT2D eigenvalue weighted by atomic mass is 32.2. The molecule has 1 aromatic heterocycles. The zero-order chi connectivity index (χ0) is 15.2. The van der Waals surface area contributed by atoms with E-state index in [1.54, 1.807) is 35.9 Å². The maximum atomic E-state index is 11.8. The Bertz CT molecular complexity index is 612. The lowest BCUT2D eigenvalue weighted by Crippen LogP contribution is -2.11. The Morgan fingerprint density at radius 2 is 1.95 bits per heavy atom. The fourth-order valence-electron chi connectivity index (χ4n) is 1.51. The predicted molar refractivity (Wildman–Crippen MR) is 79.4 cm³/mol. The van der Waals surface area contributed by atoms with Crippen molar-refractivity contribution in [1.29, 1.82) is 0 Å². The Morgan fingerprint density at radius 3 is 2.52 bits per heavy atom. The van der Waals surface area contributed by atoms with Crippen LogP contribution in [0.1, 0.15) is 6.92 Å². The molecule has 1 heterocycles. The van der Waals surface area contributed by atoms with Gasteiger partial charge < -0.3 is 15.2 Å². The van der Waals surface area contributed by atoms with E-state index >= 15 is 0 Å². The highest BCUT2D eigenvalue weighted by Gasteiger charge is 2.11.